The summed E-state index contributed by atoms with van der Waals surface area (Å²) in [7, 11) is 0. The van der Waals surface area contributed by atoms with Crippen molar-refractivity contribution in [1.82, 2.24) is 9.55 Å². The Bertz CT molecular complexity index is 584. The van der Waals surface area contributed by atoms with Crippen molar-refractivity contribution in [3.8, 4) is 0 Å². The molecular formula is C9H6ClF3N2S. The van der Waals surface area contributed by atoms with Crippen LogP contribution in [-0.2, 0) is 6.54 Å². The second-order valence-electron chi connectivity index (χ2n) is 3.27. The lowest BCUT2D eigenvalue weighted by Gasteiger charge is -2.08. The standard InChI is InChI=1S/C9H6ClF3N2S/c10-5-2-1-3-6-7(5)14-8(16)15(6)4-9(11,12)13/h1-3H,4H2,(H,14,16). The second kappa shape index (κ2) is 3.78. The quantitative estimate of drug-likeness (QED) is 0.776. The molecule has 1 aromatic heterocycles. The molecule has 86 valence electrons. The maximum atomic E-state index is 12.3. The summed E-state index contributed by atoms with van der Waals surface area (Å²) >= 11 is 10.7. The highest BCUT2D eigenvalue weighted by Gasteiger charge is 2.29. The highest BCUT2D eigenvalue weighted by molar-refractivity contribution is 7.71. The van der Waals surface area contributed by atoms with Gasteiger partial charge >= 0.3 is 6.18 Å². The van der Waals surface area contributed by atoms with Gasteiger partial charge in [-0.05, 0) is 24.4 Å². The van der Waals surface area contributed by atoms with Gasteiger partial charge in [0, 0.05) is 0 Å². The Morgan fingerprint density at radius 3 is 2.69 bits per heavy atom. The van der Waals surface area contributed by atoms with Gasteiger partial charge < -0.3 is 9.55 Å². The summed E-state index contributed by atoms with van der Waals surface area (Å²) in [5, 5.41) is 0.351. The number of halogens is 4. The smallest absolute Gasteiger partial charge is 0.329 e. The molecule has 1 aromatic carbocycles. The number of hydrogen-bond donors (Lipinski definition) is 1. The van der Waals surface area contributed by atoms with Crippen LogP contribution in [0.3, 0.4) is 0 Å². The highest BCUT2D eigenvalue weighted by Crippen LogP contribution is 2.25. The normalized spacial score (nSPS) is 12.2. The van der Waals surface area contributed by atoms with Crippen molar-refractivity contribution in [2.24, 2.45) is 0 Å². The second-order valence-corrected chi connectivity index (χ2v) is 4.06. The lowest BCUT2D eigenvalue weighted by Crippen LogP contribution is -2.17. The number of fused-ring (bicyclic) bond motifs is 1. The van der Waals surface area contributed by atoms with Crippen LogP contribution in [0, 0.1) is 4.77 Å². The van der Waals surface area contributed by atoms with E-state index in [9.17, 15) is 13.2 Å². The van der Waals surface area contributed by atoms with E-state index in [1.54, 1.807) is 18.2 Å². The van der Waals surface area contributed by atoms with Crippen molar-refractivity contribution < 1.29 is 13.2 Å². The van der Waals surface area contributed by atoms with Crippen LogP contribution >= 0.6 is 23.8 Å². The van der Waals surface area contributed by atoms with Crippen LogP contribution in [0.5, 0.6) is 0 Å². The fourth-order valence-corrected chi connectivity index (χ4v) is 1.96. The number of aromatic nitrogens is 2. The third-order valence-corrected chi connectivity index (χ3v) is 2.73. The van der Waals surface area contributed by atoms with Crippen LogP contribution in [0.2, 0.25) is 5.02 Å². The number of rotatable bonds is 1. The average Bonchev–Trinajstić information content (AvgIpc) is 2.44. The lowest BCUT2D eigenvalue weighted by molar-refractivity contribution is -0.140. The summed E-state index contributed by atoms with van der Waals surface area (Å²) in [6.07, 6.45) is -4.31. The van der Waals surface area contributed by atoms with Gasteiger partial charge in [0.25, 0.3) is 0 Å². The van der Waals surface area contributed by atoms with Crippen molar-refractivity contribution in [3.05, 3.63) is 28.0 Å². The third kappa shape index (κ3) is 2.08. The van der Waals surface area contributed by atoms with Gasteiger partial charge in [0.2, 0.25) is 0 Å². The van der Waals surface area contributed by atoms with Gasteiger partial charge in [0.05, 0.1) is 16.1 Å². The number of alkyl halides is 3. The van der Waals surface area contributed by atoms with E-state index in [0.29, 0.717) is 16.1 Å². The predicted molar refractivity (Wildman–Crippen MR) is 58.2 cm³/mol. The number of nitrogens with one attached hydrogen (secondary N) is 1. The van der Waals surface area contributed by atoms with E-state index >= 15 is 0 Å². The molecule has 0 fully saturated rings. The molecule has 0 amide bonds. The lowest BCUT2D eigenvalue weighted by atomic mass is 10.3. The van der Waals surface area contributed by atoms with Crippen LogP contribution in [0.1, 0.15) is 0 Å². The number of H-pyrrole nitrogens is 1. The van der Waals surface area contributed by atoms with Gasteiger partial charge in [-0.3, -0.25) is 0 Å². The predicted octanol–water partition coefficient (Wildman–Crippen LogP) is 3.91. The first-order valence-electron chi connectivity index (χ1n) is 4.32. The molecule has 2 rings (SSSR count). The topological polar surface area (TPSA) is 20.7 Å². The van der Waals surface area contributed by atoms with Crippen molar-refractivity contribution in [1.29, 1.82) is 0 Å². The summed E-state index contributed by atoms with van der Waals surface area (Å²) in [4.78, 5) is 2.66. The zero-order chi connectivity index (χ0) is 11.9. The summed E-state index contributed by atoms with van der Waals surface area (Å²) < 4.78 is 37.9. The molecule has 0 radical (unpaired) electrons. The number of aromatic amines is 1. The van der Waals surface area contributed by atoms with Gasteiger partial charge in [-0.1, -0.05) is 17.7 Å². The summed E-state index contributed by atoms with van der Waals surface area (Å²) in [5.41, 5.74) is 0.785. The van der Waals surface area contributed by atoms with E-state index in [-0.39, 0.29) is 4.77 Å². The number of nitrogens with zero attached hydrogens (tertiary/aromatic N) is 1. The van der Waals surface area contributed by atoms with E-state index < -0.39 is 12.7 Å². The van der Waals surface area contributed by atoms with E-state index in [2.05, 4.69) is 4.98 Å². The molecule has 0 aliphatic carbocycles. The fraction of sp³-hybridized carbons (Fsp3) is 0.222. The molecule has 2 nitrogen and oxygen atoms in total. The largest absolute Gasteiger partial charge is 0.406 e. The zero-order valence-electron chi connectivity index (χ0n) is 7.81. The maximum Gasteiger partial charge on any atom is 0.406 e. The molecular weight excluding hydrogens is 261 g/mol. The van der Waals surface area contributed by atoms with Crippen molar-refractivity contribution in [3.63, 3.8) is 0 Å². The van der Waals surface area contributed by atoms with Crippen molar-refractivity contribution in [2.45, 2.75) is 12.7 Å². The molecule has 0 saturated heterocycles. The molecule has 7 heteroatoms. The molecule has 0 bridgehead atoms. The Balaban J connectivity index is 2.66. The van der Waals surface area contributed by atoms with Crippen LogP contribution in [0.4, 0.5) is 13.2 Å². The first-order chi connectivity index (χ1) is 7.38. The van der Waals surface area contributed by atoms with E-state index in [0.717, 1.165) is 4.57 Å². The molecule has 1 N–H and O–H groups in total. The van der Waals surface area contributed by atoms with Crippen molar-refractivity contribution in [2.75, 3.05) is 0 Å². The van der Waals surface area contributed by atoms with Gasteiger partial charge in [0.1, 0.15) is 6.54 Å². The Morgan fingerprint density at radius 2 is 2.06 bits per heavy atom. The molecule has 1 heterocycles. The number of imidazole rings is 1. The molecule has 2 aromatic rings. The van der Waals surface area contributed by atoms with Gasteiger partial charge in [-0.15, -0.1) is 0 Å². The number of para-hydroxylation sites is 1. The van der Waals surface area contributed by atoms with Crippen LogP contribution in [-0.4, -0.2) is 15.7 Å². The van der Waals surface area contributed by atoms with Crippen LogP contribution < -0.4 is 0 Å². The van der Waals surface area contributed by atoms with Crippen LogP contribution in [0.25, 0.3) is 11.0 Å². The monoisotopic (exact) mass is 266 g/mol. The highest BCUT2D eigenvalue weighted by atomic mass is 35.5. The van der Waals surface area contributed by atoms with E-state index in [1.165, 1.54) is 0 Å². The Kier molecular flexibility index (Phi) is 2.71. The average molecular weight is 267 g/mol. The maximum absolute atomic E-state index is 12.3. The first kappa shape index (κ1) is 11.5. The summed E-state index contributed by atoms with van der Waals surface area (Å²) in [5.74, 6) is 0. The summed E-state index contributed by atoms with van der Waals surface area (Å²) in [6, 6.07) is 4.71. The number of hydrogen-bond acceptors (Lipinski definition) is 1. The molecule has 16 heavy (non-hydrogen) atoms. The molecule has 0 saturated carbocycles. The molecule has 0 aliphatic heterocycles. The Hall–Kier alpha value is -1.01. The molecule has 0 aliphatic rings. The van der Waals surface area contributed by atoms with E-state index in [1.807, 2.05) is 0 Å². The zero-order valence-corrected chi connectivity index (χ0v) is 9.38. The first-order valence-corrected chi connectivity index (χ1v) is 5.11. The molecule has 0 spiro atoms. The third-order valence-electron chi connectivity index (χ3n) is 2.10. The minimum atomic E-state index is -4.31. The fourth-order valence-electron chi connectivity index (χ4n) is 1.48. The molecule has 0 unspecified atom stereocenters. The summed E-state index contributed by atoms with van der Waals surface area (Å²) in [6.45, 7) is -1.12. The van der Waals surface area contributed by atoms with Gasteiger partial charge in [0.15, 0.2) is 4.77 Å². The minimum Gasteiger partial charge on any atom is -0.329 e. The van der Waals surface area contributed by atoms with Crippen LogP contribution in [0.15, 0.2) is 18.2 Å². The SMILES string of the molecule is FC(F)(F)Cn1c(=S)[nH]c2c(Cl)cccc21. The number of benzene rings is 1. The van der Waals surface area contributed by atoms with Crippen molar-refractivity contribution >= 4 is 34.9 Å². The van der Waals surface area contributed by atoms with E-state index in [4.69, 9.17) is 23.8 Å². The minimum absolute atomic E-state index is 0.0143. The Morgan fingerprint density at radius 1 is 1.38 bits per heavy atom. The Labute approximate surface area is 98.6 Å². The van der Waals surface area contributed by atoms with Gasteiger partial charge in [-0.25, -0.2) is 0 Å². The van der Waals surface area contributed by atoms with Gasteiger partial charge in [-0.2, -0.15) is 13.2 Å². The molecule has 0 atom stereocenters.